The minimum atomic E-state index is -0.725. The lowest BCUT2D eigenvalue weighted by Crippen LogP contribution is -2.31. The number of carbonyl (C=O) groups is 1. The quantitative estimate of drug-likeness (QED) is 0.662. The average Bonchev–Trinajstić information content (AvgIpc) is 2.53. The Labute approximate surface area is 160 Å². The number of hydrazone groups is 1. The first kappa shape index (κ1) is 20.3. The fraction of sp³-hybridized carbons (Fsp3) is 0.500. The fourth-order valence-electron chi connectivity index (χ4n) is 2.73. The van der Waals surface area contributed by atoms with Gasteiger partial charge in [-0.2, -0.15) is 5.10 Å². The van der Waals surface area contributed by atoms with Gasteiger partial charge in [0.15, 0.2) is 0 Å². The lowest BCUT2D eigenvalue weighted by molar-refractivity contribution is 0.00446. The van der Waals surface area contributed by atoms with Gasteiger partial charge in [-0.3, -0.25) is 5.43 Å². The molecule has 1 aromatic rings. The molecule has 1 atom stereocenters. The Bertz CT molecular complexity index is 720. The molecule has 0 spiro atoms. The van der Waals surface area contributed by atoms with Crippen molar-refractivity contribution in [3.8, 4) is 0 Å². The number of carbonyl (C=O) groups excluding carboxylic acids is 1. The molecule has 5 nitrogen and oxygen atoms in total. The summed E-state index contributed by atoms with van der Waals surface area (Å²) in [6.45, 7) is 9.37. The van der Waals surface area contributed by atoms with Crippen molar-refractivity contribution in [2.45, 2.75) is 65.4 Å². The Balaban J connectivity index is 2.36. The van der Waals surface area contributed by atoms with Gasteiger partial charge in [-0.15, -0.1) is 0 Å². The third-order valence-corrected chi connectivity index (χ3v) is 4.12. The second-order valence-electron chi connectivity index (χ2n) is 7.36. The summed E-state index contributed by atoms with van der Waals surface area (Å²) in [6.07, 6.45) is 2.12. The van der Waals surface area contributed by atoms with E-state index in [2.05, 4.69) is 17.5 Å². The molecule has 0 amide bonds. The monoisotopic (exact) mass is 378 g/mol. The number of nitrogens with zero attached hydrogens (tertiary/aromatic N) is 1. The number of ether oxygens (including phenoxy) is 2. The van der Waals surface area contributed by atoms with Crippen LogP contribution in [-0.4, -0.2) is 17.5 Å². The average molecular weight is 379 g/mol. The van der Waals surface area contributed by atoms with Gasteiger partial charge in [0.2, 0.25) is 0 Å². The van der Waals surface area contributed by atoms with Crippen molar-refractivity contribution in [2.24, 2.45) is 5.10 Å². The van der Waals surface area contributed by atoms with Crippen LogP contribution in [0.4, 0.5) is 4.79 Å². The zero-order valence-corrected chi connectivity index (χ0v) is 16.8. The summed E-state index contributed by atoms with van der Waals surface area (Å²) in [4.78, 5) is 12.3. The van der Waals surface area contributed by atoms with Gasteiger partial charge < -0.3 is 9.47 Å². The van der Waals surface area contributed by atoms with Crippen LogP contribution in [0.3, 0.4) is 0 Å². The van der Waals surface area contributed by atoms with Gasteiger partial charge in [0.1, 0.15) is 11.4 Å². The smallest absolute Gasteiger partial charge is 0.428 e. The van der Waals surface area contributed by atoms with Crippen LogP contribution in [-0.2, 0) is 9.47 Å². The van der Waals surface area contributed by atoms with E-state index < -0.39 is 11.8 Å². The van der Waals surface area contributed by atoms with Crippen molar-refractivity contribution in [1.29, 1.82) is 0 Å². The van der Waals surface area contributed by atoms with E-state index in [1.807, 2.05) is 31.2 Å². The molecule has 1 aliphatic rings. The largest absolute Gasteiger partial charge is 0.514 e. The van der Waals surface area contributed by atoms with Crippen molar-refractivity contribution >= 4 is 23.5 Å². The van der Waals surface area contributed by atoms with Crippen molar-refractivity contribution in [3.05, 3.63) is 46.3 Å². The van der Waals surface area contributed by atoms with Gasteiger partial charge >= 0.3 is 6.16 Å². The molecule has 0 saturated heterocycles. The number of halogens is 1. The zero-order valence-electron chi connectivity index (χ0n) is 16.1. The molecule has 0 saturated carbocycles. The molecule has 2 rings (SSSR count). The number of allylic oxidation sites excluding steroid dienone is 2. The van der Waals surface area contributed by atoms with Crippen LogP contribution in [0.15, 0.2) is 40.8 Å². The summed E-state index contributed by atoms with van der Waals surface area (Å²) >= 11 is 6.19. The molecule has 1 heterocycles. The highest BCUT2D eigenvalue weighted by molar-refractivity contribution is 6.30. The van der Waals surface area contributed by atoms with Crippen molar-refractivity contribution in [3.63, 3.8) is 0 Å². The third-order valence-electron chi connectivity index (χ3n) is 3.88. The minimum Gasteiger partial charge on any atom is -0.428 e. The van der Waals surface area contributed by atoms with Crippen LogP contribution in [0.5, 0.6) is 0 Å². The Hall–Kier alpha value is -2.01. The lowest BCUT2D eigenvalue weighted by atomic mass is 9.88. The van der Waals surface area contributed by atoms with E-state index in [1.54, 1.807) is 20.8 Å². The highest BCUT2D eigenvalue weighted by atomic mass is 35.5. The predicted molar refractivity (Wildman–Crippen MR) is 104 cm³/mol. The summed E-state index contributed by atoms with van der Waals surface area (Å²) in [6, 6.07) is 7.55. The van der Waals surface area contributed by atoms with Crippen LogP contribution < -0.4 is 5.43 Å². The summed E-state index contributed by atoms with van der Waals surface area (Å²) < 4.78 is 11.0. The molecular weight excluding hydrogens is 352 g/mol. The molecule has 0 bridgehead atoms. The molecule has 1 aromatic carbocycles. The molecule has 0 radical (unpaired) electrons. The second kappa shape index (κ2) is 8.58. The molecule has 6 heteroatoms. The summed E-state index contributed by atoms with van der Waals surface area (Å²) in [5, 5.41) is 5.13. The first-order valence-corrected chi connectivity index (χ1v) is 9.28. The Morgan fingerprint density at radius 2 is 2.08 bits per heavy atom. The van der Waals surface area contributed by atoms with Crippen LogP contribution in [0.1, 0.15) is 65.4 Å². The summed E-state index contributed by atoms with van der Waals surface area (Å²) in [5.74, 6) is 0.233. The third kappa shape index (κ3) is 5.49. The first-order chi connectivity index (χ1) is 12.2. The molecule has 0 aliphatic carbocycles. The lowest BCUT2D eigenvalue weighted by Gasteiger charge is -2.28. The number of unbranched alkanes of at least 4 members (excludes halogenated alkanes) is 1. The molecule has 0 fully saturated rings. The Kier molecular flexibility index (Phi) is 6.70. The van der Waals surface area contributed by atoms with Crippen molar-refractivity contribution < 1.29 is 14.3 Å². The maximum Gasteiger partial charge on any atom is 0.514 e. The number of rotatable bonds is 5. The van der Waals surface area contributed by atoms with E-state index in [0.29, 0.717) is 16.5 Å². The van der Waals surface area contributed by atoms with E-state index in [9.17, 15) is 4.79 Å². The SMILES string of the molecule is CCCCC1=NNC(C)=C(OC(=O)OC(C)(C)C)C1c1cccc(Cl)c1. The Morgan fingerprint density at radius 1 is 1.35 bits per heavy atom. The fourth-order valence-corrected chi connectivity index (χ4v) is 2.93. The minimum absolute atomic E-state index is 0.269. The topological polar surface area (TPSA) is 59.9 Å². The van der Waals surface area contributed by atoms with Crippen LogP contribution in [0.25, 0.3) is 0 Å². The van der Waals surface area contributed by atoms with E-state index in [0.717, 1.165) is 30.5 Å². The highest BCUT2D eigenvalue weighted by Gasteiger charge is 2.32. The Morgan fingerprint density at radius 3 is 2.69 bits per heavy atom. The van der Waals surface area contributed by atoms with Crippen molar-refractivity contribution in [2.75, 3.05) is 0 Å². The maximum atomic E-state index is 12.3. The van der Waals surface area contributed by atoms with Crippen LogP contribution >= 0.6 is 11.6 Å². The van der Waals surface area contributed by atoms with Gasteiger partial charge in [0, 0.05) is 5.02 Å². The standard InChI is InChI=1S/C20H27ClN2O3/c1-6-7-11-16-17(14-9-8-10-15(21)12-14)18(13(2)22-23-16)25-19(24)26-20(3,4)5/h8-10,12,17,22H,6-7,11H2,1-5H3. The summed E-state index contributed by atoms with van der Waals surface area (Å²) in [5.41, 5.74) is 4.88. The van der Waals surface area contributed by atoms with Crippen LogP contribution in [0.2, 0.25) is 5.02 Å². The summed E-state index contributed by atoms with van der Waals surface area (Å²) in [7, 11) is 0. The number of nitrogens with one attached hydrogen (secondary N) is 1. The van der Waals surface area contributed by atoms with Gasteiger partial charge in [-0.05, 0) is 58.2 Å². The molecular formula is C20H27ClN2O3. The molecule has 26 heavy (non-hydrogen) atoms. The van der Waals surface area contributed by atoms with Crippen molar-refractivity contribution in [1.82, 2.24) is 5.43 Å². The zero-order chi connectivity index (χ0) is 19.3. The molecule has 1 aliphatic heterocycles. The van der Waals surface area contributed by atoms with E-state index in [-0.39, 0.29) is 5.92 Å². The number of hydrogen-bond donors (Lipinski definition) is 1. The molecule has 1 N–H and O–H groups in total. The van der Waals surface area contributed by atoms with Gasteiger partial charge in [-0.1, -0.05) is 37.1 Å². The van der Waals surface area contributed by atoms with E-state index >= 15 is 0 Å². The van der Waals surface area contributed by atoms with E-state index in [1.165, 1.54) is 0 Å². The van der Waals surface area contributed by atoms with Gasteiger partial charge in [-0.25, -0.2) is 4.79 Å². The molecule has 142 valence electrons. The highest BCUT2D eigenvalue weighted by Crippen LogP contribution is 2.34. The number of benzene rings is 1. The number of hydrogen-bond acceptors (Lipinski definition) is 5. The first-order valence-electron chi connectivity index (χ1n) is 8.90. The van der Waals surface area contributed by atoms with E-state index in [4.69, 9.17) is 21.1 Å². The van der Waals surface area contributed by atoms with Crippen LogP contribution in [0, 0.1) is 0 Å². The maximum absolute atomic E-state index is 12.3. The molecule has 0 aromatic heterocycles. The van der Waals surface area contributed by atoms with Gasteiger partial charge in [0.25, 0.3) is 0 Å². The molecule has 1 unspecified atom stereocenters. The second-order valence-corrected chi connectivity index (χ2v) is 7.80. The predicted octanol–water partition coefficient (Wildman–Crippen LogP) is 5.76. The normalized spacial score (nSPS) is 17.5. The van der Waals surface area contributed by atoms with Gasteiger partial charge in [0.05, 0.1) is 17.3 Å².